The van der Waals surface area contributed by atoms with E-state index in [9.17, 15) is 4.79 Å². The van der Waals surface area contributed by atoms with Crippen LogP contribution in [0.3, 0.4) is 0 Å². The summed E-state index contributed by atoms with van der Waals surface area (Å²) in [6.07, 6.45) is 1.22. The largest absolute Gasteiger partial charge is 0.462 e. The molecule has 1 aromatic heterocycles. The van der Waals surface area contributed by atoms with Gasteiger partial charge in [-0.2, -0.15) is 5.26 Å². The van der Waals surface area contributed by atoms with Crippen molar-refractivity contribution in [2.24, 2.45) is 0 Å². The molecule has 0 saturated heterocycles. The molecule has 0 saturated carbocycles. The highest BCUT2D eigenvalue weighted by Gasteiger charge is 2.08. The molecular formula is C14H7NO2. The maximum Gasteiger partial charge on any atom is 0.210 e. The molecule has 80 valence electrons. The highest BCUT2D eigenvalue weighted by molar-refractivity contribution is 6.03. The van der Waals surface area contributed by atoms with Crippen LogP contribution in [0.5, 0.6) is 0 Å². The zero-order chi connectivity index (χ0) is 11.8. The lowest BCUT2D eigenvalue weighted by Gasteiger charge is -2.01. The second-order valence-corrected chi connectivity index (χ2v) is 3.75. The lowest BCUT2D eigenvalue weighted by Crippen LogP contribution is -2.05. The van der Waals surface area contributed by atoms with Crippen molar-refractivity contribution in [2.45, 2.75) is 0 Å². The Morgan fingerprint density at radius 1 is 1.06 bits per heavy atom. The summed E-state index contributed by atoms with van der Waals surface area (Å²) in [6.45, 7) is 0. The quantitative estimate of drug-likeness (QED) is 0.548. The smallest absolute Gasteiger partial charge is 0.210 e. The maximum atomic E-state index is 11.9. The molecular weight excluding hydrogens is 214 g/mol. The number of hydrogen-bond donors (Lipinski definition) is 0. The topological polar surface area (TPSA) is 54.0 Å². The van der Waals surface area contributed by atoms with Crippen LogP contribution in [0.4, 0.5) is 0 Å². The van der Waals surface area contributed by atoms with E-state index in [1.807, 2.05) is 36.4 Å². The van der Waals surface area contributed by atoms with Gasteiger partial charge in [0.15, 0.2) is 0 Å². The van der Waals surface area contributed by atoms with Crippen molar-refractivity contribution in [1.82, 2.24) is 0 Å². The Morgan fingerprint density at radius 3 is 2.71 bits per heavy atom. The molecule has 0 atom stereocenters. The molecule has 1 heterocycles. The zero-order valence-corrected chi connectivity index (χ0v) is 8.81. The second kappa shape index (κ2) is 3.46. The monoisotopic (exact) mass is 221 g/mol. The average Bonchev–Trinajstić information content (AvgIpc) is 2.39. The fraction of sp³-hybridized carbons (Fsp3) is 0. The Bertz CT molecular complexity index is 825. The van der Waals surface area contributed by atoms with Crippen molar-refractivity contribution in [2.75, 3.05) is 0 Å². The Morgan fingerprint density at radius 2 is 1.88 bits per heavy atom. The third kappa shape index (κ3) is 1.31. The van der Waals surface area contributed by atoms with E-state index in [2.05, 4.69) is 0 Å². The standard InChI is InChI=1S/C14H7NO2/c15-7-10-8-17-14-11-4-2-1-3-9(11)5-6-12(14)13(10)16/h1-6,8H. The van der Waals surface area contributed by atoms with Gasteiger partial charge in [0.2, 0.25) is 5.43 Å². The maximum absolute atomic E-state index is 11.9. The summed E-state index contributed by atoms with van der Waals surface area (Å²) < 4.78 is 5.41. The first-order chi connectivity index (χ1) is 8.31. The normalized spacial score (nSPS) is 10.5. The third-order valence-electron chi connectivity index (χ3n) is 2.78. The van der Waals surface area contributed by atoms with Gasteiger partial charge in [0.25, 0.3) is 0 Å². The van der Waals surface area contributed by atoms with E-state index in [-0.39, 0.29) is 11.0 Å². The SMILES string of the molecule is N#Cc1coc2c(ccc3ccccc32)c1=O. The van der Waals surface area contributed by atoms with Crippen LogP contribution in [-0.4, -0.2) is 0 Å². The Kier molecular flexibility index (Phi) is 1.96. The van der Waals surface area contributed by atoms with Gasteiger partial charge in [-0.15, -0.1) is 0 Å². The molecule has 0 bridgehead atoms. The van der Waals surface area contributed by atoms with Crippen LogP contribution in [-0.2, 0) is 0 Å². The van der Waals surface area contributed by atoms with Crippen molar-refractivity contribution in [3.63, 3.8) is 0 Å². The summed E-state index contributed by atoms with van der Waals surface area (Å²) in [5.41, 5.74) is 0.291. The Hall–Kier alpha value is -2.60. The van der Waals surface area contributed by atoms with E-state index in [1.54, 1.807) is 6.07 Å². The minimum atomic E-state index is -0.278. The Balaban J connectivity index is 2.59. The van der Waals surface area contributed by atoms with Gasteiger partial charge >= 0.3 is 0 Å². The van der Waals surface area contributed by atoms with E-state index < -0.39 is 0 Å². The van der Waals surface area contributed by atoms with Gasteiger partial charge in [-0.05, 0) is 11.5 Å². The summed E-state index contributed by atoms with van der Waals surface area (Å²) in [6, 6.07) is 13.0. The van der Waals surface area contributed by atoms with Gasteiger partial charge in [-0.1, -0.05) is 30.3 Å². The van der Waals surface area contributed by atoms with Crippen LogP contribution >= 0.6 is 0 Å². The number of benzene rings is 2. The van der Waals surface area contributed by atoms with Gasteiger partial charge in [0.1, 0.15) is 23.5 Å². The lowest BCUT2D eigenvalue weighted by molar-refractivity contribution is 0.604. The molecule has 3 aromatic rings. The van der Waals surface area contributed by atoms with Gasteiger partial charge in [-0.25, -0.2) is 0 Å². The number of fused-ring (bicyclic) bond motifs is 3. The van der Waals surface area contributed by atoms with E-state index >= 15 is 0 Å². The molecule has 17 heavy (non-hydrogen) atoms. The predicted octanol–water partition coefficient (Wildman–Crippen LogP) is 2.82. The molecule has 0 amide bonds. The van der Waals surface area contributed by atoms with E-state index in [1.165, 1.54) is 6.26 Å². The third-order valence-corrected chi connectivity index (χ3v) is 2.78. The average molecular weight is 221 g/mol. The molecule has 3 heteroatoms. The van der Waals surface area contributed by atoms with Crippen LogP contribution in [0.1, 0.15) is 5.56 Å². The van der Waals surface area contributed by atoms with Crippen molar-refractivity contribution in [3.05, 3.63) is 58.4 Å². The highest BCUT2D eigenvalue weighted by atomic mass is 16.3. The van der Waals surface area contributed by atoms with Crippen molar-refractivity contribution >= 4 is 21.7 Å². The van der Waals surface area contributed by atoms with Crippen molar-refractivity contribution in [3.8, 4) is 6.07 Å². The minimum Gasteiger partial charge on any atom is -0.462 e. The molecule has 0 radical (unpaired) electrons. The van der Waals surface area contributed by atoms with E-state index in [0.29, 0.717) is 11.0 Å². The first-order valence-electron chi connectivity index (χ1n) is 5.14. The summed E-state index contributed by atoms with van der Waals surface area (Å²) in [5.74, 6) is 0. The molecule has 0 aliphatic rings. The molecule has 0 unspecified atom stereocenters. The second-order valence-electron chi connectivity index (χ2n) is 3.75. The molecule has 0 N–H and O–H groups in total. The molecule has 0 aliphatic heterocycles. The van der Waals surface area contributed by atoms with Gasteiger partial charge in [0.05, 0.1) is 5.39 Å². The zero-order valence-electron chi connectivity index (χ0n) is 8.81. The molecule has 3 nitrogen and oxygen atoms in total. The van der Waals surface area contributed by atoms with Gasteiger partial charge in [-0.3, -0.25) is 4.79 Å². The Labute approximate surface area is 96.5 Å². The molecule has 0 fully saturated rings. The summed E-state index contributed by atoms with van der Waals surface area (Å²) in [5, 5.41) is 11.1. The summed E-state index contributed by atoms with van der Waals surface area (Å²) >= 11 is 0. The number of rotatable bonds is 0. The van der Waals surface area contributed by atoms with Crippen molar-refractivity contribution < 1.29 is 4.42 Å². The number of hydrogen-bond acceptors (Lipinski definition) is 3. The minimum absolute atomic E-state index is 0.0350. The predicted molar refractivity (Wildman–Crippen MR) is 64.7 cm³/mol. The van der Waals surface area contributed by atoms with E-state index in [4.69, 9.17) is 9.68 Å². The first kappa shape index (κ1) is 9.61. The molecule has 0 aliphatic carbocycles. The van der Waals surface area contributed by atoms with Crippen LogP contribution in [0.25, 0.3) is 21.7 Å². The van der Waals surface area contributed by atoms with Crippen LogP contribution in [0.2, 0.25) is 0 Å². The van der Waals surface area contributed by atoms with Crippen LogP contribution in [0.15, 0.2) is 51.9 Å². The number of nitriles is 1. The van der Waals surface area contributed by atoms with Crippen LogP contribution in [0, 0.1) is 11.3 Å². The fourth-order valence-electron chi connectivity index (χ4n) is 1.94. The highest BCUT2D eigenvalue weighted by Crippen LogP contribution is 2.23. The molecule has 2 aromatic carbocycles. The van der Waals surface area contributed by atoms with Crippen molar-refractivity contribution in [1.29, 1.82) is 5.26 Å². The molecule has 3 rings (SSSR count). The molecule has 0 spiro atoms. The first-order valence-corrected chi connectivity index (χ1v) is 5.14. The summed E-state index contributed by atoms with van der Waals surface area (Å²) in [7, 11) is 0. The van der Waals surface area contributed by atoms with Gasteiger partial charge in [0, 0.05) is 5.39 Å². The van der Waals surface area contributed by atoms with E-state index in [0.717, 1.165) is 10.8 Å². The summed E-state index contributed by atoms with van der Waals surface area (Å²) in [4.78, 5) is 11.9. The van der Waals surface area contributed by atoms with Crippen LogP contribution < -0.4 is 5.43 Å². The van der Waals surface area contributed by atoms with Gasteiger partial charge < -0.3 is 4.42 Å². The fourth-order valence-corrected chi connectivity index (χ4v) is 1.94. The lowest BCUT2D eigenvalue weighted by atomic mass is 10.1. The number of nitrogens with zero attached hydrogens (tertiary/aromatic N) is 1.